The summed E-state index contributed by atoms with van der Waals surface area (Å²) in [5, 5.41) is 4.19. The lowest BCUT2D eigenvalue weighted by molar-refractivity contribution is 0.178. The van der Waals surface area contributed by atoms with Gasteiger partial charge in [0, 0.05) is 36.9 Å². The molecule has 7 nitrogen and oxygen atoms in total. The minimum atomic E-state index is -0.536. The lowest BCUT2D eigenvalue weighted by atomic mass is 9.94. The van der Waals surface area contributed by atoms with E-state index in [0.29, 0.717) is 29.7 Å². The second kappa shape index (κ2) is 8.37. The van der Waals surface area contributed by atoms with E-state index in [1.165, 1.54) is 34.0 Å². The minimum Gasteiger partial charge on any atom is -0.447 e. The lowest BCUT2D eigenvalue weighted by Crippen LogP contribution is -2.36. The van der Waals surface area contributed by atoms with Gasteiger partial charge in [-0.1, -0.05) is 18.5 Å². The Morgan fingerprint density at radius 1 is 1.21 bits per heavy atom. The van der Waals surface area contributed by atoms with Gasteiger partial charge in [-0.05, 0) is 42.4 Å². The number of amides is 1. The minimum absolute atomic E-state index is 0.0692. The van der Waals surface area contributed by atoms with Crippen LogP contribution in [0, 0.1) is 17.6 Å². The first-order valence-electron chi connectivity index (χ1n) is 10.8. The first-order chi connectivity index (χ1) is 15.8. The van der Waals surface area contributed by atoms with Crippen LogP contribution in [-0.2, 0) is 18.2 Å². The Kier molecular flexibility index (Phi) is 5.52. The van der Waals surface area contributed by atoms with Gasteiger partial charge in [0.15, 0.2) is 0 Å². The number of cyclic esters (lactones) is 1. The lowest BCUT2D eigenvalue weighted by Gasteiger charge is -2.21. The van der Waals surface area contributed by atoms with Crippen molar-refractivity contribution in [2.45, 2.75) is 38.1 Å². The van der Waals surface area contributed by atoms with Crippen molar-refractivity contribution >= 4 is 23.5 Å². The third-order valence-corrected chi connectivity index (χ3v) is 6.36. The SMILES string of the molecule is C[C@H](Cc1nc(Cl)cc(N2C(=O)OC[C@@H]2C2CC2)n1)c1cc(F)c(-c2cnn(C)c2)cc1F. The van der Waals surface area contributed by atoms with Crippen LogP contribution in [0.25, 0.3) is 11.1 Å². The second-order valence-corrected chi connectivity index (χ2v) is 9.07. The molecule has 1 saturated heterocycles. The van der Waals surface area contributed by atoms with E-state index >= 15 is 0 Å². The van der Waals surface area contributed by atoms with E-state index in [2.05, 4.69) is 15.1 Å². The number of carbonyl (C=O) groups is 1. The van der Waals surface area contributed by atoms with Crippen molar-refractivity contribution < 1.29 is 18.3 Å². The van der Waals surface area contributed by atoms with Crippen molar-refractivity contribution in [2.24, 2.45) is 13.0 Å². The number of halogens is 3. The molecule has 5 rings (SSSR count). The Morgan fingerprint density at radius 3 is 2.70 bits per heavy atom. The number of aryl methyl sites for hydroxylation is 1. The van der Waals surface area contributed by atoms with Gasteiger partial charge in [-0.3, -0.25) is 9.58 Å². The zero-order chi connectivity index (χ0) is 23.3. The summed E-state index contributed by atoms with van der Waals surface area (Å²) in [5.41, 5.74) is 0.858. The molecule has 1 aliphatic carbocycles. The van der Waals surface area contributed by atoms with E-state index in [0.717, 1.165) is 12.8 Å². The zero-order valence-electron chi connectivity index (χ0n) is 18.1. The van der Waals surface area contributed by atoms with Crippen LogP contribution in [0.1, 0.15) is 37.1 Å². The fraction of sp³-hybridized carbons (Fsp3) is 0.391. The molecule has 2 aliphatic rings. The van der Waals surface area contributed by atoms with Crippen molar-refractivity contribution in [2.75, 3.05) is 11.5 Å². The third kappa shape index (κ3) is 4.29. The fourth-order valence-corrected chi connectivity index (χ4v) is 4.49. The van der Waals surface area contributed by atoms with Crippen molar-refractivity contribution in [1.29, 1.82) is 0 Å². The van der Waals surface area contributed by atoms with Crippen molar-refractivity contribution in [3.05, 3.63) is 58.8 Å². The van der Waals surface area contributed by atoms with Gasteiger partial charge >= 0.3 is 6.09 Å². The summed E-state index contributed by atoms with van der Waals surface area (Å²) in [5.74, 6) is -0.389. The fourth-order valence-electron chi connectivity index (χ4n) is 4.30. The van der Waals surface area contributed by atoms with Gasteiger partial charge in [-0.2, -0.15) is 5.10 Å². The van der Waals surface area contributed by atoms with Crippen LogP contribution >= 0.6 is 11.6 Å². The highest BCUT2D eigenvalue weighted by molar-refractivity contribution is 6.29. The molecule has 3 heterocycles. The molecule has 0 bridgehead atoms. The molecular weight excluding hydrogens is 452 g/mol. The van der Waals surface area contributed by atoms with Crippen LogP contribution < -0.4 is 4.90 Å². The highest BCUT2D eigenvalue weighted by Gasteiger charge is 2.44. The maximum atomic E-state index is 14.9. The number of ether oxygens (including phenoxy) is 1. The van der Waals surface area contributed by atoms with E-state index < -0.39 is 23.6 Å². The van der Waals surface area contributed by atoms with Crippen LogP contribution in [0.2, 0.25) is 5.15 Å². The van der Waals surface area contributed by atoms with E-state index in [1.54, 1.807) is 20.2 Å². The monoisotopic (exact) mass is 473 g/mol. The molecule has 2 fully saturated rings. The first-order valence-corrected chi connectivity index (χ1v) is 11.2. The molecule has 0 unspecified atom stereocenters. The Bertz CT molecular complexity index is 1230. The number of nitrogens with zero attached hydrogens (tertiary/aromatic N) is 5. The quantitative estimate of drug-likeness (QED) is 0.476. The molecule has 33 heavy (non-hydrogen) atoms. The molecular formula is C23H22ClF2N5O2. The number of aromatic nitrogens is 4. The van der Waals surface area contributed by atoms with Gasteiger partial charge in [0.25, 0.3) is 0 Å². The highest BCUT2D eigenvalue weighted by Crippen LogP contribution is 2.40. The standard InChI is InChI=1S/C23H22ClF2N5O2/c1-12(15-6-18(26)16(7-17(15)25)14-9-27-30(2)10-14)5-21-28-20(24)8-22(29-21)31-19(13-3-4-13)11-33-23(31)32/h6-10,12-13,19H,3-5,11H2,1-2H3/t12-,19-/m1/s1. The van der Waals surface area contributed by atoms with Crippen molar-refractivity contribution in [3.8, 4) is 11.1 Å². The zero-order valence-corrected chi connectivity index (χ0v) is 18.9. The topological polar surface area (TPSA) is 73.1 Å². The van der Waals surface area contributed by atoms with Crippen LogP contribution in [0.15, 0.2) is 30.6 Å². The second-order valence-electron chi connectivity index (χ2n) is 8.68. The molecule has 0 spiro atoms. The summed E-state index contributed by atoms with van der Waals surface area (Å²) in [6.45, 7) is 2.09. The number of benzene rings is 1. The summed E-state index contributed by atoms with van der Waals surface area (Å²) in [6.07, 6.45) is 4.95. The molecule has 2 aromatic heterocycles. The summed E-state index contributed by atoms with van der Waals surface area (Å²) in [7, 11) is 1.71. The van der Waals surface area contributed by atoms with Crippen LogP contribution in [-0.4, -0.2) is 38.5 Å². The van der Waals surface area contributed by atoms with E-state index in [-0.39, 0.29) is 28.7 Å². The summed E-state index contributed by atoms with van der Waals surface area (Å²) >= 11 is 6.22. The predicted molar refractivity (Wildman–Crippen MR) is 118 cm³/mol. The van der Waals surface area contributed by atoms with Crippen molar-refractivity contribution in [3.63, 3.8) is 0 Å². The molecule has 172 valence electrons. The van der Waals surface area contributed by atoms with Crippen LogP contribution in [0.4, 0.5) is 19.4 Å². The Hall–Kier alpha value is -3.07. The third-order valence-electron chi connectivity index (χ3n) is 6.17. The average molecular weight is 474 g/mol. The number of rotatable bonds is 6. The average Bonchev–Trinajstić information content (AvgIpc) is 3.40. The molecule has 10 heteroatoms. The normalized spacial score (nSPS) is 19.1. The van der Waals surface area contributed by atoms with E-state index in [1.807, 2.05) is 0 Å². The van der Waals surface area contributed by atoms with E-state index in [9.17, 15) is 13.6 Å². The van der Waals surface area contributed by atoms with E-state index in [4.69, 9.17) is 16.3 Å². The van der Waals surface area contributed by atoms with Gasteiger partial charge in [0.1, 0.15) is 35.0 Å². The molecule has 3 aromatic rings. The predicted octanol–water partition coefficient (Wildman–Crippen LogP) is 4.89. The Balaban J connectivity index is 1.40. The number of hydrogen-bond donors (Lipinski definition) is 0. The smallest absolute Gasteiger partial charge is 0.415 e. The molecule has 1 amide bonds. The van der Waals surface area contributed by atoms with Crippen LogP contribution in [0.3, 0.4) is 0 Å². The van der Waals surface area contributed by atoms with Crippen LogP contribution in [0.5, 0.6) is 0 Å². The van der Waals surface area contributed by atoms with Gasteiger partial charge in [-0.25, -0.2) is 23.5 Å². The maximum Gasteiger partial charge on any atom is 0.415 e. The van der Waals surface area contributed by atoms with Gasteiger partial charge in [0.2, 0.25) is 0 Å². The number of carbonyl (C=O) groups excluding carboxylic acids is 1. The maximum absolute atomic E-state index is 14.9. The van der Waals surface area contributed by atoms with Gasteiger partial charge < -0.3 is 4.74 Å². The summed E-state index contributed by atoms with van der Waals surface area (Å²) in [4.78, 5) is 22.6. The largest absolute Gasteiger partial charge is 0.447 e. The summed E-state index contributed by atoms with van der Waals surface area (Å²) < 4.78 is 36.5. The first kappa shape index (κ1) is 21.8. The van der Waals surface area contributed by atoms with Gasteiger partial charge in [0.05, 0.1) is 12.2 Å². The summed E-state index contributed by atoms with van der Waals surface area (Å²) in [6, 6.07) is 3.85. The highest BCUT2D eigenvalue weighted by atomic mass is 35.5. The molecule has 1 aromatic carbocycles. The Morgan fingerprint density at radius 2 is 2.00 bits per heavy atom. The van der Waals surface area contributed by atoms with Gasteiger partial charge in [-0.15, -0.1) is 0 Å². The molecule has 1 aliphatic heterocycles. The molecule has 1 saturated carbocycles. The number of anilines is 1. The number of hydrogen-bond acceptors (Lipinski definition) is 5. The molecule has 2 atom stereocenters. The molecule has 0 radical (unpaired) electrons. The molecule has 0 N–H and O–H groups in total. The van der Waals surface area contributed by atoms with Crippen molar-refractivity contribution in [1.82, 2.24) is 19.7 Å². The Labute approximate surface area is 194 Å².